The van der Waals surface area contributed by atoms with Crippen LogP contribution in [0.1, 0.15) is 35.7 Å². The van der Waals surface area contributed by atoms with Crippen molar-refractivity contribution < 1.29 is 24.1 Å². The number of aromatic amines is 1. The van der Waals surface area contributed by atoms with Gasteiger partial charge in [-0.3, -0.25) is 4.79 Å². The lowest BCUT2D eigenvalue weighted by atomic mass is 10.1. The summed E-state index contributed by atoms with van der Waals surface area (Å²) in [6, 6.07) is 9.14. The molecule has 3 heterocycles. The Kier molecular flexibility index (Phi) is 6.27. The van der Waals surface area contributed by atoms with Gasteiger partial charge in [-0.15, -0.1) is 0 Å². The van der Waals surface area contributed by atoms with Crippen LogP contribution in [-0.4, -0.2) is 57.2 Å². The Morgan fingerprint density at radius 3 is 2.73 bits per heavy atom. The van der Waals surface area contributed by atoms with Crippen molar-refractivity contribution in [3.05, 3.63) is 53.6 Å². The molecular weight excluding hydrogens is 426 g/mol. The first-order chi connectivity index (χ1) is 15.8. The van der Waals surface area contributed by atoms with Gasteiger partial charge in [0.15, 0.2) is 0 Å². The largest absolute Gasteiger partial charge is 0.488 e. The number of rotatable bonds is 8. The van der Waals surface area contributed by atoms with Crippen molar-refractivity contribution in [2.24, 2.45) is 10.7 Å². The van der Waals surface area contributed by atoms with Gasteiger partial charge in [0.05, 0.1) is 25.0 Å². The average Bonchev–Trinajstić information content (AvgIpc) is 3.42. The van der Waals surface area contributed by atoms with Crippen molar-refractivity contribution in [1.82, 2.24) is 15.0 Å². The maximum atomic E-state index is 11.4. The van der Waals surface area contributed by atoms with Crippen LogP contribution in [-0.2, 0) is 4.74 Å². The Morgan fingerprint density at radius 1 is 1.30 bits per heavy atom. The monoisotopic (exact) mass is 451 g/mol. The number of ether oxygens (including phenoxy) is 3. The maximum absolute atomic E-state index is 11.4. The molecule has 0 aliphatic carbocycles. The van der Waals surface area contributed by atoms with E-state index < -0.39 is 12.0 Å². The van der Waals surface area contributed by atoms with E-state index in [0.717, 1.165) is 17.0 Å². The molecule has 33 heavy (non-hydrogen) atoms. The molecule has 0 saturated heterocycles. The molecule has 172 valence electrons. The Bertz CT molecular complexity index is 1210. The Labute approximate surface area is 190 Å². The molecule has 0 saturated carbocycles. The topological polar surface area (TPSA) is 145 Å². The highest BCUT2D eigenvalue weighted by Gasteiger charge is 2.19. The van der Waals surface area contributed by atoms with E-state index in [1.807, 2.05) is 31.2 Å². The number of aryl methyl sites for hydroxylation is 1. The van der Waals surface area contributed by atoms with Crippen molar-refractivity contribution in [2.75, 3.05) is 13.2 Å². The molecule has 0 bridgehead atoms. The third-order valence-electron chi connectivity index (χ3n) is 4.89. The number of hydrogen-bond acceptors (Lipinski definition) is 8. The summed E-state index contributed by atoms with van der Waals surface area (Å²) in [5.41, 5.74) is 8.10. The Balaban J connectivity index is 1.66. The van der Waals surface area contributed by atoms with Crippen molar-refractivity contribution in [3.63, 3.8) is 0 Å². The predicted molar refractivity (Wildman–Crippen MR) is 121 cm³/mol. The molecule has 4 rings (SSSR count). The van der Waals surface area contributed by atoms with Crippen LogP contribution in [0.5, 0.6) is 17.4 Å². The van der Waals surface area contributed by atoms with E-state index in [1.165, 1.54) is 6.20 Å². The zero-order chi connectivity index (χ0) is 23.5. The summed E-state index contributed by atoms with van der Waals surface area (Å²) in [5, 5.41) is 9.39. The summed E-state index contributed by atoms with van der Waals surface area (Å²) in [4.78, 5) is 27.4. The summed E-state index contributed by atoms with van der Waals surface area (Å²) in [5.74, 6) is 1.06. The predicted octanol–water partition coefficient (Wildman–Crippen LogP) is 2.60. The number of H-pyrrole nitrogens is 1. The van der Waals surface area contributed by atoms with Gasteiger partial charge in [-0.05, 0) is 45.0 Å². The highest BCUT2D eigenvalue weighted by molar-refractivity contribution is 5.94. The molecule has 0 radical (unpaired) electrons. The lowest BCUT2D eigenvalue weighted by Gasteiger charge is -2.15. The molecule has 1 aliphatic rings. The number of benzene rings is 1. The zero-order valence-electron chi connectivity index (χ0n) is 18.5. The molecule has 1 amide bonds. The van der Waals surface area contributed by atoms with Crippen molar-refractivity contribution >= 4 is 11.8 Å². The molecule has 1 aliphatic heterocycles. The van der Waals surface area contributed by atoms with Crippen LogP contribution in [0, 0.1) is 6.92 Å². The number of aliphatic imine (C=N–C) groups is 1. The van der Waals surface area contributed by atoms with E-state index in [1.54, 1.807) is 19.9 Å². The smallest absolute Gasteiger partial charge is 0.269 e. The summed E-state index contributed by atoms with van der Waals surface area (Å²) in [6.45, 7) is 5.84. The number of carbonyl (C=O) groups excluding carboxylic acids is 1. The van der Waals surface area contributed by atoms with Gasteiger partial charge >= 0.3 is 0 Å². The van der Waals surface area contributed by atoms with Gasteiger partial charge in [0, 0.05) is 17.3 Å². The summed E-state index contributed by atoms with van der Waals surface area (Å²) >= 11 is 0. The highest BCUT2D eigenvalue weighted by atomic mass is 16.5. The van der Waals surface area contributed by atoms with Crippen LogP contribution in [0.15, 0.2) is 41.5 Å². The van der Waals surface area contributed by atoms with Crippen LogP contribution < -0.4 is 15.2 Å². The van der Waals surface area contributed by atoms with Crippen molar-refractivity contribution in [3.8, 4) is 28.6 Å². The normalized spacial score (nSPS) is 16.1. The summed E-state index contributed by atoms with van der Waals surface area (Å²) in [6.07, 6.45) is 0.973. The van der Waals surface area contributed by atoms with Crippen LogP contribution in [0.2, 0.25) is 0 Å². The SMILES string of the molecule is Cc1nc(Oc2cc(O[C@@H](C)CO)cc(-c3ccc(C4=NC[C@H](C)O4)[nH]3)c2)cnc1C(N)=O. The zero-order valence-corrected chi connectivity index (χ0v) is 18.5. The number of hydrogen-bond donors (Lipinski definition) is 3. The minimum atomic E-state index is -0.657. The molecular formula is C23H25N5O5. The van der Waals surface area contributed by atoms with E-state index in [0.29, 0.717) is 29.6 Å². The quantitative estimate of drug-likeness (QED) is 0.477. The van der Waals surface area contributed by atoms with E-state index in [-0.39, 0.29) is 24.3 Å². The van der Waals surface area contributed by atoms with Gasteiger partial charge in [0.25, 0.3) is 5.91 Å². The highest BCUT2D eigenvalue weighted by Crippen LogP contribution is 2.32. The van der Waals surface area contributed by atoms with Gasteiger partial charge < -0.3 is 30.0 Å². The van der Waals surface area contributed by atoms with E-state index >= 15 is 0 Å². The van der Waals surface area contributed by atoms with Crippen LogP contribution in [0.4, 0.5) is 0 Å². The number of carbonyl (C=O) groups is 1. The number of aliphatic hydroxyl groups is 1. The van der Waals surface area contributed by atoms with Crippen LogP contribution in [0.25, 0.3) is 11.3 Å². The lowest BCUT2D eigenvalue weighted by Crippen LogP contribution is -2.16. The van der Waals surface area contributed by atoms with Crippen molar-refractivity contribution in [2.45, 2.75) is 33.0 Å². The van der Waals surface area contributed by atoms with E-state index in [9.17, 15) is 9.90 Å². The molecule has 4 N–H and O–H groups in total. The van der Waals surface area contributed by atoms with Gasteiger partial charge in [-0.25, -0.2) is 15.0 Å². The van der Waals surface area contributed by atoms with Gasteiger partial charge in [0.1, 0.15) is 35.1 Å². The van der Waals surface area contributed by atoms with Crippen LogP contribution >= 0.6 is 0 Å². The molecule has 2 aromatic heterocycles. The molecule has 1 aromatic carbocycles. The van der Waals surface area contributed by atoms with Crippen LogP contribution in [0.3, 0.4) is 0 Å². The fourth-order valence-corrected chi connectivity index (χ4v) is 3.31. The second kappa shape index (κ2) is 9.29. The fraction of sp³-hybridized carbons (Fsp3) is 0.304. The standard InChI is InChI=1S/C23H25N5O5/c1-12-9-26-23(32-12)19-5-4-18(28-19)15-6-16(31-13(2)11-29)8-17(7-15)33-20-10-25-21(22(24)30)14(3)27-20/h4-8,10,12-13,28-29H,9,11H2,1-3H3,(H2,24,30)/t12-,13-/m0/s1. The average molecular weight is 451 g/mol. The Hall–Kier alpha value is -3.92. The van der Waals surface area contributed by atoms with Gasteiger partial charge in [-0.2, -0.15) is 0 Å². The second-order valence-corrected chi connectivity index (χ2v) is 7.77. The number of amides is 1. The number of aliphatic hydroxyl groups excluding tert-OH is 1. The molecule has 0 fully saturated rings. The van der Waals surface area contributed by atoms with E-state index in [4.69, 9.17) is 19.9 Å². The first kappa shape index (κ1) is 22.3. The Morgan fingerprint density at radius 2 is 2.06 bits per heavy atom. The van der Waals surface area contributed by atoms with E-state index in [2.05, 4.69) is 19.9 Å². The molecule has 10 nitrogen and oxygen atoms in total. The number of nitrogens with zero attached hydrogens (tertiary/aromatic N) is 3. The number of nitrogens with one attached hydrogen (secondary N) is 1. The molecule has 0 unspecified atom stereocenters. The van der Waals surface area contributed by atoms with Gasteiger partial charge in [0.2, 0.25) is 11.8 Å². The number of nitrogens with two attached hydrogens (primary N) is 1. The minimum Gasteiger partial charge on any atom is -0.488 e. The summed E-state index contributed by atoms with van der Waals surface area (Å²) in [7, 11) is 0. The van der Waals surface area contributed by atoms with Gasteiger partial charge in [-0.1, -0.05) is 0 Å². The minimum absolute atomic E-state index is 0.0500. The van der Waals surface area contributed by atoms with Crippen molar-refractivity contribution in [1.29, 1.82) is 0 Å². The second-order valence-electron chi connectivity index (χ2n) is 7.77. The summed E-state index contributed by atoms with van der Waals surface area (Å²) < 4.78 is 17.4. The first-order valence-electron chi connectivity index (χ1n) is 10.5. The number of primary amides is 1. The number of aromatic nitrogens is 3. The lowest BCUT2D eigenvalue weighted by molar-refractivity contribution is 0.0994. The third kappa shape index (κ3) is 5.12. The molecule has 2 atom stereocenters. The first-order valence-corrected chi connectivity index (χ1v) is 10.5. The molecule has 10 heteroatoms. The molecule has 3 aromatic rings. The molecule has 0 spiro atoms. The fourth-order valence-electron chi connectivity index (χ4n) is 3.31. The maximum Gasteiger partial charge on any atom is 0.269 e. The third-order valence-corrected chi connectivity index (χ3v) is 4.89.